The number of rotatable bonds is 5. The van der Waals surface area contributed by atoms with Crippen LogP contribution >= 0.6 is 23.2 Å². The summed E-state index contributed by atoms with van der Waals surface area (Å²) in [6.45, 7) is 0.502. The number of hydrogen-bond acceptors (Lipinski definition) is 3. The average Bonchev–Trinajstić information content (AvgIpc) is 2.50. The van der Waals surface area contributed by atoms with Gasteiger partial charge in [0, 0.05) is 16.6 Å². The summed E-state index contributed by atoms with van der Waals surface area (Å²) in [7, 11) is 1.36. The molecule has 0 saturated carbocycles. The van der Waals surface area contributed by atoms with Gasteiger partial charge in [-0.3, -0.25) is 5.32 Å². The zero-order valence-electron chi connectivity index (χ0n) is 11.5. The van der Waals surface area contributed by atoms with Crippen LogP contribution in [-0.4, -0.2) is 13.1 Å². The molecular formula is C16H15Cl2NO2. The summed E-state index contributed by atoms with van der Waals surface area (Å²) in [4.78, 5) is 12.0. The van der Waals surface area contributed by atoms with Gasteiger partial charge in [-0.05, 0) is 29.3 Å². The quantitative estimate of drug-likeness (QED) is 0.845. The summed E-state index contributed by atoms with van der Waals surface area (Å²) < 4.78 is 4.85. The molecule has 0 aromatic heterocycles. The molecule has 0 aliphatic rings. The SMILES string of the molecule is COC(=O)C(NCc1ccc(Cl)cc1)c1ccccc1Cl. The Morgan fingerprint density at radius 3 is 2.43 bits per heavy atom. The second-order valence-corrected chi connectivity index (χ2v) is 5.33. The van der Waals surface area contributed by atoms with Gasteiger partial charge in [0.25, 0.3) is 0 Å². The molecule has 1 atom stereocenters. The third-order valence-electron chi connectivity index (χ3n) is 3.08. The fourth-order valence-corrected chi connectivity index (χ4v) is 2.34. The van der Waals surface area contributed by atoms with Gasteiger partial charge in [-0.1, -0.05) is 53.5 Å². The minimum absolute atomic E-state index is 0.378. The first-order valence-electron chi connectivity index (χ1n) is 6.42. The van der Waals surface area contributed by atoms with Gasteiger partial charge in [0.2, 0.25) is 0 Å². The summed E-state index contributed by atoms with van der Waals surface area (Å²) >= 11 is 12.0. The zero-order valence-corrected chi connectivity index (χ0v) is 13.0. The molecule has 2 rings (SSSR count). The van der Waals surface area contributed by atoms with Gasteiger partial charge < -0.3 is 4.74 Å². The molecule has 2 aromatic rings. The number of methoxy groups -OCH3 is 1. The minimum Gasteiger partial charge on any atom is -0.468 e. The van der Waals surface area contributed by atoms with Crippen LogP contribution in [0.2, 0.25) is 10.0 Å². The number of carbonyl (C=O) groups is 1. The summed E-state index contributed by atoms with van der Waals surface area (Å²) in [6.07, 6.45) is 0. The Bertz CT molecular complexity index is 614. The van der Waals surface area contributed by atoms with E-state index in [2.05, 4.69) is 5.32 Å². The minimum atomic E-state index is -0.612. The number of nitrogens with one attached hydrogen (secondary N) is 1. The standard InChI is InChI=1S/C16H15Cl2NO2/c1-21-16(20)15(13-4-2-3-5-14(13)18)19-10-11-6-8-12(17)9-7-11/h2-9,15,19H,10H2,1H3. The maximum atomic E-state index is 12.0. The number of esters is 1. The normalized spacial score (nSPS) is 12.0. The molecule has 0 fully saturated rings. The molecule has 3 nitrogen and oxygen atoms in total. The van der Waals surface area contributed by atoms with Crippen LogP contribution in [0.1, 0.15) is 17.2 Å². The average molecular weight is 324 g/mol. The highest BCUT2D eigenvalue weighted by molar-refractivity contribution is 6.31. The van der Waals surface area contributed by atoms with E-state index in [1.165, 1.54) is 7.11 Å². The van der Waals surface area contributed by atoms with Crippen molar-refractivity contribution in [2.45, 2.75) is 12.6 Å². The second kappa shape index (κ2) is 7.46. The van der Waals surface area contributed by atoms with Gasteiger partial charge in [-0.2, -0.15) is 0 Å². The predicted molar refractivity (Wildman–Crippen MR) is 84.5 cm³/mol. The van der Waals surface area contributed by atoms with Gasteiger partial charge in [-0.25, -0.2) is 4.79 Å². The molecule has 0 saturated heterocycles. The van der Waals surface area contributed by atoms with Crippen LogP contribution in [0.15, 0.2) is 48.5 Å². The van der Waals surface area contributed by atoms with Gasteiger partial charge in [-0.15, -0.1) is 0 Å². The molecule has 1 unspecified atom stereocenters. The predicted octanol–water partition coefficient (Wildman–Crippen LogP) is 4.00. The van der Waals surface area contributed by atoms with Crippen LogP contribution in [0.3, 0.4) is 0 Å². The van der Waals surface area contributed by atoms with E-state index in [1.807, 2.05) is 24.3 Å². The van der Waals surface area contributed by atoms with E-state index in [-0.39, 0.29) is 5.97 Å². The van der Waals surface area contributed by atoms with E-state index in [0.29, 0.717) is 22.2 Å². The maximum Gasteiger partial charge on any atom is 0.327 e. The van der Waals surface area contributed by atoms with Crippen molar-refractivity contribution < 1.29 is 9.53 Å². The molecule has 0 heterocycles. The molecule has 0 spiro atoms. The van der Waals surface area contributed by atoms with E-state index in [9.17, 15) is 4.79 Å². The Labute approximate surface area is 133 Å². The molecule has 0 amide bonds. The van der Waals surface area contributed by atoms with Gasteiger partial charge in [0.1, 0.15) is 6.04 Å². The van der Waals surface area contributed by atoms with Gasteiger partial charge in [0.15, 0.2) is 0 Å². The maximum absolute atomic E-state index is 12.0. The Balaban J connectivity index is 2.16. The van der Waals surface area contributed by atoms with Gasteiger partial charge in [0.05, 0.1) is 7.11 Å². The fourth-order valence-electron chi connectivity index (χ4n) is 1.97. The highest BCUT2D eigenvalue weighted by Crippen LogP contribution is 2.24. The lowest BCUT2D eigenvalue weighted by Crippen LogP contribution is -2.29. The van der Waals surface area contributed by atoms with E-state index >= 15 is 0 Å². The molecule has 2 aromatic carbocycles. The van der Waals surface area contributed by atoms with E-state index in [0.717, 1.165) is 5.56 Å². The van der Waals surface area contributed by atoms with E-state index in [1.54, 1.807) is 24.3 Å². The van der Waals surface area contributed by atoms with E-state index in [4.69, 9.17) is 27.9 Å². The zero-order chi connectivity index (χ0) is 15.2. The van der Waals surface area contributed by atoms with Crippen molar-refractivity contribution in [3.63, 3.8) is 0 Å². The van der Waals surface area contributed by atoms with Crippen molar-refractivity contribution in [3.8, 4) is 0 Å². The molecule has 0 aliphatic heterocycles. The third kappa shape index (κ3) is 4.21. The lowest BCUT2D eigenvalue weighted by atomic mass is 10.1. The second-order valence-electron chi connectivity index (χ2n) is 4.49. The summed E-state index contributed by atoms with van der Waals surface area (Å²) in [5.74, 6) is -0.378. The van der Waals surface area contributed by atoms with Crippen LogP contribution < -0.4 is 5.32 Å². The Morgan fingerprint density at radius 1 is 1.14 bits per heavy atom. The Kier molecular flexibility index (Phi) is 5.62. The molecule has 0 radical (unpaired) electrons. The van der Waals surface area contributed by atoms with Crippen LogP contribution in [-0.2, 0) is 16.1 Å². The number of halogens is 2. The Morgan fingerprint density at radius 2 is 1.81 bits per heavy atom. The van der Waals surface area contributed by atoms with Crippen molar-refractivity contribution in [2.24, 2.45) is 0 Å². The molecule has 5 heteroatoms. The summed E-state index contributed by atoms with van der Waals surface area (Å²) in [6, 6.07) is 14.0. The largest absolute Gasteiger partial charge is 0.468 e. The number of ether oxygens (including phenoxy) is 1. The number of hydrogen-bond donors (Lipinski definition) is 1. The molecule has 1 N–H and O–H groups in total. The van der Waals surface area contributed by atoms with Crippen molar-refractivity contribution in [1.29, 1.82) is 0 Å². The lowest BCUT2D eigenvalue weighted by molar-refractivity contribution is -0.143. The topological polar surface area (TPSA) is 38.3 Å². The molecular weight excluding hydrogens is 309 g/mol. The van der Waals surface area contributed by atoms with Crippen LogP contribution in [0.25, 0.3) is 0 Å². The smallest absolute Gasteiger partial charge is 0.327 e. The molecule has 0 aliphatic carbocycles. The number of carbonyl (C=O) groups excluding carboxylic acids is 1. The van der Waals surface area contributed by atoms with Crippen LogP contribution in [0.4, 0.5) is 0 Å². The van der Waals surface area contributed by atoms with Crippen molar-refractivity contribution in [1.82, 2.24) is 5.32 Å². The highest BCUT2D eigenvalue weighted by atomic mass is 35.5. The highest BCUT2D eigenvalue weighted by Gasteiger charge is 2.22. The first-order valence-corrected chi connectivity index (χ1v) is 7.17. The summed E-state index contributed by atoms with van der Waals surface area (Å²) in [5, 5.41) is 4.36. The van der Waals surface area contributed by atoms with Crippen LogP contribution in [0, 0.1) is 0 Å². The lowest BCUT2D eigenvalue weighted by Gasteiger charge is -2.18. The first-order chi connectivity index (χ1) is 10.1. The van der Waals surface area contributed by atoms with Crippen molar-refractivity contribution in [2.75, 3.05) is 7.11 Å². The third-order valence-corrected chi connectivity index (χ3v) is 3.67. The number of benzene rings is 2. The molecule has 21 heavy (non-hydrogen) atoms. The van der Waals surface area contributed by atoms with Gasteiger partial charge >= 0.3 is 5.97 Å². The van der Waals surface area contributed by atoms with Crippen LogP contribution in [0.5, 0.6) is 0 Å². The van der Waals surface area contributed by atoms with Crippen molar-refractivity contribution in [3.05, 3.63) is 69.7 Å². The first kappa shape index (κ1) is 15.8. The molecule has 0 bridgehead atoms. The summed E-state index contributed by atoms with van der Waals surface area (Å²) in [5.41, 5.74) is 1.71. The monoisotopic (exact) mass is 323 g/mol. The van der Waals surface area contributed by atoms with Crippen molar-refractivity contribution >= 4 is 29.2 Å². The van der Waals surface area contributed by atoms with E-state index < -0.39 is 6.04 Å². The molecule has 110 valence electrons. The Hall–Kier alpha value is -1.55. The fraction of sp³-hybridized carbons (Fsp3) is 0.188.